The maximum Gasteiger partial charge on any atom is 0.192 e. The Morgan fingerprint density at radius 1 is 0.863 bits per heavy atom. The van der Waals surface area contributed by atoms with Crippen molar-refractivity contribution < 1.29 is 13.6 Å². The van der Waals surface area contributed by atoms with Crippen molar-refractivity contribution in [2.45, 2.75) is 181 Å². The van der Waals surface area contributed by atoms with E-state index in [1.807, 2.05) is 6.92 Å². The summed E-state index contributed by atoms with van der Waals surface area (Å²) in [6, 6.07) is 11.1. The highest BCUT2D eigenvalue weighted by molar-refractivity contribution is 6.74. The van der Waals surface area contributed by atoms with E-state index in [4.69, 9.17) is 13.6 Å². The molecule has 0 amide bonds. The second-order valence-electron chi connectivity index (χ2n) is 20.1. The highest BCUT2D eigenvalue weighted by Crippen LogP contribution is 2.53. The molecule has 0 spiro atoms. The Balaban J connectivity index is 1.53. The Bertz CT molecular complexity index is 1380. The summed E-state index contributed by atoms with van der Waals surface area (Å²) in [5, 5.41) is 0.346. The molecule has 0 heterocycles. The van der Waals surface area contributed by atoms with Gasteiger partial charge in [0, 0.05) is 12.3 Å². The van der Waals surface area contributed by atoms with Gasteiger partial charge in [0.25, 0.3) is 0 Å². The van der Waals surface area contributed by atoms with Crippen molar-refractivity contribution in [3.05, 3.63) is 59.7 Å². The van der Waals surface area contributed by atoms with E-state index in [9.17, 15) is 0 Å². The van der Waals surface area contributed by atoms with Crippen LogP contribution in [0.4, 0.5) is 0 Å². The van der Waals surface area contributed by atoms with E-state index in [1.54, 1.807) is 5.57 Å². The maximum atomic E-state index is 7.29. The molecule has 3 saturated carbocycles. The Morgan fingerprint density at radius 3 is 2.14 bits per heavy atom. The zero-order valence-electron chi connectivity index (χ0n) is 35.3. The SMILES string of the molecule is CC#CC[C@H](C)[C@@H](/C=C/[C@@H]1[C@H]2C/C(=C/COC3CCCCC3C(C)(C)c3ccccc3)C[C@H]2C[C@H]1O[Si](C)(C)C(C)(C)C)O[Si](C)(C)C(C)(C)C. The first-order valence-electron chi connectivity index (χ1n) is 20.5. The zero-order chi connectivity index (χ0) is 37.8. The first-order chi connectivity index (χ1) is 23.7. The molecule has 1 aromatic rings. The Morgan fingerprint density at radius 2 is 1.51 bits per heavy atom. The highest BCUT2D eigenvalue weighted by atomic mass is 28.4. The van der Waals surface area contributed by atoms with E-state index in [0.29, 0.717) is 35.7 Å². The number of ether oxygens (including phenoxy) is 1. The van der Waals surface area contributed by atoms with Gasteiger partial charge in [-0.25, -0.2) is 0 Å². The van der Waals surface area contributed by atoms with E-state index in [1.165, 1.54) is 37.7 Å². The molecular weight excluding hydrogens is 657 g/mol. The molecule has 286 valence electrons. The number of hydrogen-bond acceptors (Lipinski definition) is 3. The van der Waals surface area contributed by atoms with Crippen LogP contribution in [0, 0.1) is 41.4 Å². The fraction of sp³-hybridized carbons (Fsp3) is 0.739. The van der Waals surface area contributed by atoms with Gasteiger partial charge in [0.1, 0.15) is 0 Å². The molecule has 0 radical (unpaired) electrons. The van der Waals surface area contributed by atoms with Crippen molar-refractivity contribution in [1.82, 2.24) is 0 Å². The number of hydrogen-bond donors (Lipinski definition) is 0. The largest absolute Gasteiger partial charge is 0.413 e. The summed E-state index contributed by atoms with van der Waals surface area (Å²) in [6.45, 7) is 33.6. The van der Waals surface area contributed by atoms with Gasteiger partial charge in [-0.2, -0.15) is 0 Å². The summed E-state index contributed by atoms with van der Waals surface area (Å²) in [4.78, 5) is 0. The van der Waals surface area contributed by atoms with Crippen molar-refractivity contribution in [2.75, 3.05) is 6.61 Å². The molecule has 8 atom stereocenters. The van der Waals surface area contributed by atoms with Crippen LogP contribution in [0.15, 0.2) is 54.1 Å². The number of rotatable bonds is 13. The summed E-state index contributed by atoms with van der Waals surface area (Å²) in [5.41, 5.74) is 3.14. The van der Waals surface area contributed by atoms with Crippen LogP contribution in [0.25, 0.3) is 0 Å². The average molecular weight is 733 g/mol. The van der Waals surface area contributed by atoms with Crippen LogP contribution < -0.4 is 0 Å². The quantitative estimate of drug-likeness (QED) is 0.115. The molecule has 3 fully saturated rings. The van der Waals surface area contributed by atoms with Gasteiger partial charge in [0.05, 0.1) is 24.9 Å². The Hall–Kier alpha value is -1.43. The topological polar surface area (TPSA) is 27.7 Å². The van der Waals surface area contributed by atoms with E-state index in [2.05, 4.69) is 149 Å². The molecule has 3 aliphatic rings. The summed E-state index contributed by atoms with van der Waals surface area (Å²) in [7, 11) is -3.91. The van der Waals surface area contributed by atoms with E-state index in [-0.39, 0.29) is 27.7 Å². The lowest BCUT2D eigenvalue weighted by atomic mass is 9.66. The standard InChI is InChI=1S/C46H76O3Si2/c1-15-16-22-34(2)41(48-50(11,12)44(3,4)5)28-27-38-39-32-35(31-36(39)33-43(38)49-51(13,14)45(6,7)8)29-30-47-42-26-21-20-25-40(42)46(9,10)37-23-18-17-19-24-37/h17-19,23-24,27-29,34,36,38-43H,20-22,25-26,30-33H2,1-14H3/b28-27+,35-29+/t34-,36-,38+,39-,40?,41+,42?,43+/m0/s1. The lowest BCUT2D eigenvalue weighted by molar-refractivity contribution is -0.0218. The molecule has 4 rings (SSSR count). The highest BCUT2D eigenvalue weighted by Gasteiger charge is 2.50. The fourth-order valence-electron chi connectivity index (χ4n) is 8.57. The molecule has 0 aromatic heterocycles. The third-order valence-corrected chi connectivity index (χ3v) is 23.1. The first kappa shape index (κ1) is 42.3. The summed E-state index contributed by atoms with van der Waals surface area (Å²) in [6.07, 6.45) is 17.5. The van der Waals surface area contributed by atoms with Crippen LogP contribution in [-0.4, -0.2) is 41.6 Å². The molecule has 0 N–H and O–H groups in total. The van der Waals surface area contributed by atoms with Gasteiger partial charge in [-0.15, -0.1) is 11.8 Å². The summed E-state index contributed by atoms with van der Waals surface area (Å²) < 4.78 is 21.2. The molecule has 0 aliphatic heterocycles. The van der Waals surface area contributed by atoms with Crippen LogP contribution in [0.3, 0.4) is 0 Å². The number of allylic oxidation sites excluding steroid dienone is 1. The smallest absolute Gasteiger partial charge is 0.192 e. The molecule has 3 aliphatic carbocycles. The van der Waals surface area contributed by atoms with E-state index in [0.717, 1.165) is 25.9 Å². The molecule has 0 saturated heterocycles. The third-order valence-electron chi connectivity index (χ3n) is 14.1. The van der Waals surface area contributed by atoms with Crippen LogP contribution >= 0.6 is 0 Å². The molecule has 51 heavy (non-hydrogen) atoms. The lowest BCUT2D eigenvalue weighted by Crippen LogP contribution is -2.45. The van der Waals surface area contributed by atoms with Crippen molar-refractivity contribution in [2.24, 2.45) is 29.6 Å². The number of fused-ring (bicyclic) bond motifs is 1. The minimum absolute atomic E-state index is 0.0627. The van der Waals surface area contributed by atoms with Gasteiger partial charge in [-0.3, -0.25) is 0 Å². The van der Waals surface area contributed by atoms with Crippen molar-refractivity contribution in [1.29, 1.82) is 0 Å². The predicted molar refractivity (Wildman–Crippen MR) is 224 cm³/mol. The van der Waals surface area contributed by atoms with Crippen LogP contribution in [0.1, 0.15) is 126 Å². The zero-order valence-corrected chi connectivity index (χ0v) is 37.3. The first-order valence-corrected chi connectivity index (χ1v) is 26.3. The monoisotopic (exact) mass is 733 g/mol. The van der Waals surface area contributed by atoms with Gasteiger partial charge >= 0.3 is 0 Å². The van der Waals surface area contributed by atoms with E-state index >= 15 is 0 Å². The van der Waals surface area contributed by atoms with Gasteiger partial charge in [0.15, 0.2) is 16.6 Å². The second-order valence-corrected chi connectivity index (χ2v) is 29.6. The van der Waals surface area contributed by atoms with Gasteiger partial charge in [-0.05, 0) is 110 Å². The van der Waals surface area contributed by atoms with Gasteiger partial charge < -0.3 is 13.6 Å². The summed E-state index contributed by atoms with van der Waals surface area (Å²) >= 11 is 0. The minimum atomic E-state index is -1.98. The normalized spacial score (nSPS) is 28.5. The van der Waals surface area contributed by atoms with E-state index < -0.39 is 16.6 Å². The second kappa shape index (κ2) is 16.9. The minimum Gasteiger partial charge on any atom is -0.413 e. The van der Waals surface area contributed by atoms with Gasteiger partial charge in [0.2, 0.25) is 0 Å². The predicted octanol–water partition coefficient (Wildman–Crippen LogP) is 12.9. The molecule has 1 aromatic carbocycles. The Kier molecular flexibility index (Phi) is 14.1. The van der Waals surface area contributed by atoms with Gasteiger partial charge in [-0.1, -0.05) is 129 Å². The molecule has 3 nitrogen and oxygen atoms in total. The van der Waals surface area contributed by atoms with Crippen LogP contribution in [0.2, 0.25) is 36.3 Å². The van der Waals surface area contributed by atoms with Crippen molar-refractivity contribution >= 4 is 16.6 Å². The third kappa shape index (κ3) is 10.4. The molecule has 0 bridgehead atoms. The maximum absolute atomic E-state index is 7.29. The molecule has 5 heteroatoms. The average Bonchev–Trinajstić information content (AvgIpc) is 3.57. The fourth-order valence-corrected chi connectivity index (χ4v) is 11.3. The van der Waals surface area contributed by atoms with Crippen molar-refractivity contribution in [3.63, 3.8) is 0 Å². The number of benzene rings is 1. The Labute approximate surface area is 317 Å². The van der Waals surface area contributed by atoms with Crippen molar-refractivity contribution in [3.8, 4) is 11.8 Å². The molecule has 2 unspecified atom stereocenters. The van der Waals surface area contributed by atoms with Crippen LogP contribution in [0.5, 0.6) is 0 Å². The van der Waals surface area contributed by atoms with Crippen LogP contribution in [-0.2, 0) is 19.0 Å². The lowest BCUT2D eigenvalue weighted by Gasteiger charge is -2.42. The summed E-state index contributed by atoms with van der Waals surface area (Å²) in [5.74, 6) is 9.06. The molecular formula is C46H76O3Si2.